The molecule has 0 aliphatic heterocycles. The number of hydrogen-bond acceptors (Lipinski definition) is 6. The van der Waals surface area contributed by atoms with Crippen molar-refractivity contribution in [2.24, 2.45) is 0 Å². The molecule has 9 heteroatoms. The molecule has 4 aromatic rings. The summed E-state index contributed by atoms with van der Waals surface area (Å²) in [5.41, 5.74) is 8.64. The van der Waals surface area contributed by atoms with Crippen molar-refractivity contribution in [1.82, 2.24) is 9.97 Å². The standard InChI is InChI=1S/C24H19ClFN5O2/c1-14-4-6-18(31-24(32)15-3-2-9-28-13-15)19(11-14)30-16-5-7-20(17(26)12-16)33-21-8-10-29-23(27)22(21)25/h2-13,30H,1H3,(H2,27,29)(H,31,32). The fraction of sp³-hybridized carbons (Fsp3) is 0.0417. The first-order valence-corrected chi connectivity index (χ1v) is 10.2. The number of nitrogen functional groups attached to an aromatic ring is 1. The van der Waals surface area contributed by atoms with Crippen molar-refractivity contribution in [1.29, 1.82) is 0 Å². The van der Waals surface area contributed by atoms with Crippen LogP contribution in [0.25, 0.3) is 0 Å². The summed E-state index contributed by atoms with van der Waals surface area (Å²) in [4.78, 5) is 20.4. The minimum absolute atomic E-state index is 0.0256. The molecule has 4 rings (SSSR count). The van der Waals surface area contributed by atoms with Gasteiger partial charge in [-0.2, -0.15) is 0 Å². The smallest absolute Gasteiger partial charge is 0.257 e. The molecule has 0 saturated heterocycles. The zero-order valence-electron chi connectivity index (χ0n) is 17.5. The maximum absolute atomic E-state index is 14.8. The predicted molar refractivity (Wildman–Crippen MR) is 127 cm³/mol. The van der Waals surface area contributed by atoms with E-state index in [1.807, 2.05) is 19.1 Å². The highest BCUT2D eigenvalue weighted by Gasteiger charge is 2.13. The van der Waals surface area contributed by atoms with Gasteiger partial charge in [0.05, 0.1) is 16.9 Å². The Morgan fingerprint density at radius 2 is 1.91 bits per heavy atom. The summed E-state index contributed by atoms with van der Waals surface area (Å²) in [6.45, 7) is 1.92. The van der Waals surface area contributed by atoms with Gasteiger partial charge in [-0.1, -0.05) is 17.7 Å². The second kappa shape index (κ2) is 9.54. The number of carbonyl (C=O) groups is 1. The molecule has 0 atom stereocenters. The van der Waals surface area contributed by atoms with Crippen LogP contribution in [-0.4, -0.2) is 15.9 Å². The molecule has 7 nitrogen and oxygen atoms in total. The normalized spacial score (nSPS) is 10.5. The number of nitrogens with two attached hydrogens (primary N) is 1. The molecule has 0 unspecified atom stereocenters. The van der Waals surface area contributed by atoms with E-state index in [0.29, 0.717) is 22.6 Å². The summed E-state index contributed by atoms with van der Waals surface area (Å²) < 4.78 is 20.3. The number of carbonyl (C=O) groups excluding carboxylic acids is 1. The van der Waals surface area contributed by atoms with Gasteiger partial charge in [-0.25, -0.2) is 9.37 Å². The van der Waals surface area contributed by atoms with Crippen molar-refractivity contribution < 1.29 is 13.9 Å². The second-order valence-electron chi connectivity index (χ2n) is 7.13. The molecular weight excluding hydrogens is 445 g/mol. The fourth-order valence-electron chi connectivity index (χ4n) is 3.02. The van der Waals surface area contributed by atoms with Gasteiger partial charge in [0.1, 0.15) is 10.8 Å². The molecule has 2 aromatic carbocycles. The average Bonchev–Trinajstić information content (AvgIpc) is 2.81. The maximum atomic E-state index is 14.8. The van der Waals surface area contributed by atoms with Crippen LogP contribution in [0.2, 0.25) is 5.02 Å². The molecular formula is C24H19ClFN5O2. The summed E-state index contributed by atoms with van der Waals surface area (Å²) in [7, 11) is 0. The Morgan fingerprint density at radius 1 is 1.06 bits per heavy atom. The third kappa shape index (κ3) is 5.19. The maximum Gasteiger partial charge on any atom is 0.257 e. The number of ether oxygens (including phenoxy) is 1. The molecule has 0 saturated carbocycles. The number of pyridine rings is 2. The van der Waals surface area contributed by atoms with Crippen LogP contribution in [0.5, 0.6) is 11.5 Å². The average molecular weight is 464 g/mol. The third-order valence-corrected chi connectivity index (χ3v) is 5.04. The van der Waals surface area contributed by atoms with Gasteiger partial charge < -0.3 is 21.1 Å². The highest BCUT2D eigenvalue weighted by atomic mass is 35.5. The van der Waals surface area contributed by atoms with Crippen LogP contribution in [0.4, 0.5) is 27.3 Å². The van der Waals surface area contributed by atoms with E-state index in [4.69, 9.17) is 22.1 Å². The van der Waals surface area contributed by atoms with Gasteiger partial charge in [-0.3, -0.25) is 9.78 Å². The first kappa shape index (κ1) is 22.0. The van der Waals surface area contributed by atoms with Crippen molar-refractivity contribution in [2.75, 3.05) is 16.4 Å². The Morgan fingerprint density at radius 3 is 2.67 bits per heavy atom. The Labute approximate surface area is 194 Å². The zero-order valence-corrected chi connectivity index (χ0v) is 18.2. The van der Waals surface area contributed by atoms with Gasteiger partial charge in [-0.05, 0) is 48.9 Å². The number of nitrogens with zero attached hydrogens (tertiary/aromatic N) is 2. The number of anilines is 4. The molecule has 0 radical (unpaired) electrons. The molecule has 33 heavy (non-hydrogen) atoms. The number of rotatable bonds is 6. The van der Waals surface area contributed by atoms with Gasteiger partial charge in [0.2, 0.25) is 0 Å². The number of hydrogen-bond donors (Lipinski definition) is 3. The number of benzene rings is 2. The lowest BCUT2D eigenvalue weighted by Crippen LogP contribution is -2.13. The van der Waals surface area contributed by atoms with E-state index in [1.165, 1.54) is 30.6 Å². The number of amides is 1. The van der Waals surface area contributed by atoms with Gasteiger partial charge in [0.15, 0.2) is 17.3 Å². The molecule has 2 aromatic heterocycles. The van der Waals surface area contributed by atoms with E-state index in [-0.39, 0.29) is 28.2 Å². The first-order chi connectivity index (χ1) is 15.9. The molecule has 0 spiro atoms. The van der Waals surface area contributed by atoms with E-state index >= 15 is 0 Å². The van der Waals surface area contributed by atoms with Crippen LogP contribution < -0.4 is 21.1 Å². The van der Waals surface area contributed by atoms with Crippen LogP contribution in [0.3, 0.4) is 0 Å². The monoisotopic (exact) mass is 463 g/mol. The van der Waals surface area contributed by atoms with E-state index in [0.717, 1.165) is 5.56 Å². The lowest BCUT2D eigenvalue weighted by atomic mass is 10.1. The molecule has 0 aliphatic carbocycles. The van der Waals surface area contributed by atoms with Gasteiger partial charge >= 0.3 is 0 Å². The largest absolute Gasteiger partial charge is 0.453 e. The fourth-order valence-corrected chi connectivity index (χ4v) is 3.17. The summed E-state index contributed by atoms with van der Waals surface area (Å²) >= 11 is 6.07. The lowest BCUT2D eigenvalue weighted by molar-refractivity contribution is 0.102. The molecule has 166 valence electrons. The number of aromatic nitrogens is 2. The minimum Gasteiger partial charge on any atom is -0.453 e. The van der Waals surface area contributed by atoms with E-state index in [2.05, 4.69) is 20.6 Å². The third-order valence-electron chi connectivity index (χ3n) is 4.66. The van der Waals surface area contributed by atoms with Crippen LogP contribution >= 0.6 is 11.6 Å². The van der Waals surface area contributed by atoms with Crippen LogP contribution in [0.1, 0.15) is 15.9 Å². The van der Waals surface area contributed by atoms with Crippen molar-refractivity contribution in [2.45, 2.75) is 6.92 Å². The van der Waals surface area contributed by atoms with E-state index < -0.39 is 5.82 Å². The zero-order chi connectivity index (χ0) is 23.4. The Bertz CT molecular complexity index is 1320. The number of nitrogens with one attached hydrogen (secondary N) is 2. The lowest BCUT2D eigenvalue weighted by Gasteiger charge is -2.15. The molecule has 0 bridgehead atoms. The summed E-state index contributed by atoms with van der Waals surface area (Å²) in [6, 6.07) is 14.7. The second-order valence-corrected chi connectivity index (χ2v) is 7.50. The van der Waals surface area contributed by atoms with Crippen LogP contribution in [0.15, 0.2) is 73.2 Å². The van der Waals surface area contributed by atoms with Gasteiger partial charge in [0.25, 0.3) is 5.91 Å². The van der Waals surface area contributed by atoms with Crippen LogP contribution in [-0.2, 0) is 0 Å². The Balaban J connectivity index is 1.55. The Hall–Kier alpha value is -4.17. The van der Waals surface area contributed by atoms with Crippen molar-refractivity contribution in [3.8, 4) is 11.5 Å². The SMILES string of the molecule is Cc1ccc(NC(=O)c2cccnc2)c(Nc2ccc(Oc3ccnc(N)c3Cl)c(F)c2)c1. The Kier molecular flexibility index (Phi) is 6.37. The molecule has 2 heterocycles. The topological polar surface area (TPSA) is 102 Å². The van der Waals surface area contributed by atoms with E-state index in [9.17, 15) is 9.18 Å². The molecule has 0 aliphatic rings. The quantitative estimate of drug-likeness (QED) is 0.326. The first-order valence-electron chi connectivity index (χ1n) is 9.87. The highest BCUT2D eigenvalue weighted by molar-refractivity contribution is 6.34. The highest BCUT2D eigenvalue weighted by Crippen LogP contribution is 2.35. The number of halogens is 2. The van der Waals surface area contributed by atoms with Gasteiger partial charge in [0, 0.05) is 36.4 Å². The van der Waals surface area contributed by atoms with Crippen molar-refractivity contribution in [3.05, 3.63) is 95.2 Å². The van der Waals surface area contributed by atoms with Gasteiger partial charge in [-0.15, -0.1) is 0 Å². The van der Waals surface area contributed by atoms with Crippen molar-refractivity contribution >= 4 is 40.4 Å². The minimum atomic E-state index is -0.611. The summed E-state index contributed by atoms with van der Waals surface area (Å²) in [5.74, 6) is -0.656. The number of aryl methyl sites for hydroxylation is 1. The van der Waals surface area contributed by atoms with Crippen LogP contribution in [0, 0.1) is 12.7 Å². The molecule has 1 amide bonds. The van der Waals surface area contributed by atoms with Crippen molar-refractivity contribution in [3.63, 3.8) is 0 Å². The molecule has 0 fully saturated rings. The predicted octanol–water partition coefficient (Wildman–Crippen LogP) is 5.95. The molecule has 4 N–H and O–H groups in total. The summed E-state index contributed by atoms with van der Waals surface area (Å²) in [6.07, 6.45) is 4.49. The van der Waals surface area contributed by atoms with E-state index in [1.54, 1.807) is 30.5 Å². The summed E-state index contributed by atoms with van der Waals surface area (Å²) in [5, 5.41) is 6.10.